The third-order valence-corrected chi connectivity index (χ3v) is 5.86. The van der Waals surface area contributed by atoms with E-state index in [0.717, 1.165) is 26.2 Å². The van der Waals surface area contributed by atoms with Gasteiger partial charge < -0.3 is 14.4 Å². The van der Waals surface area contributed by atoms with Crippen LogP contribution in [0, 0.1) is 5.92 Å². The largest absolute Gasteiger partial charge is 0.333 e. The zero-order valence-electron chi connectivity index (χ0n) is 14.3. The summed E-state index contributed by atoms with van der Waals surface area (Å²) in [5.74, 6) is 1.83. The van der Waals surface area contributed by atoms with Gasteiger partial charge in [-0.3, -0.25) is 4.90 Å². The van der Waals surface area contributed by atoms with Crippen LogP contribution in [0.15, 0.2) is 24.0 Å². The van der Waals surface area contributed by atoms with Crippen LogP contribution in [0.3, 0.4) is 0 Å². The lowest BCUT2D eigenvalue weighted by Crippen LogP contribution is -2.47. The molecule has 6 nitrogen and oxygen atoms in total. The molecule has 4 rings (SSSR count). The molecule has 0 bridgehead atoms. The molecule has 0 saturated carbocycles. The number of fused-ring (bicyclic) bond motifs is 1. The van der Waals surface area contributed by atoms with Gasteiger partial charge in [-0.25, -0.2) is 9.97 Å². The Labute approximate surface area is 147 Å². The van der Waals surface area contributed by atoms with Gasteiger partial charge in [-0.2, -0.15) is 0 Å². The Morgan fingerprint density at radius 2 is 1.96 bits per heavy atom. The highest BCUT2D eigenvalue weighted by Crippen LogP contribution is 2.20. The topological polar surface area (TPSA) is 40.4 Å². The van der Waals surface area contributed by atoms with Crippen LogP contribution in [0.5, 0.6) is 0 Å². The van der Waals surface area contributed by atoms with E-state index in [1.54, 1.807) is 11.3 Å². The fourth-order valence-corrected chi connectivity index (χ4v) is 4.44. The summed E-state index contributed by atoms with van der Waals surface area (Å²) in [4.78, 5) is 16.6. The van der Waals surface area contributed by atoms with Gasteiger partial charge in [0.25, 0.3) is 0 Å². The third-order valence-electron chi connectivity index (χ3n) is 5.09. The van der Waals surface area contributed by atoms with Crippen LogP contribution >= 0.6 is 11.3 Å². The van der Waals surface area contributed by atoms with E-state index in [1.165, 1.54) is 43.6 Å². The highest BCUT2D eigenvalue weighted by atomic mass is 32.1. The molecular formula is C17H26N6S. The molecule has 130 valence electrons. The number of thiazole rings is 1. The summed E-state index contributed by atoms with van der Waals surface area (Å²) in [7, 11) is 2.22. The second kappa shape index (κ2) is 7.31. The minimum Gasteiger partial charge on any atom is -0.333 e. The molecule has 1 saturated heterocycles. The van der Waals surface area contributed by atoms with Gasteiger partial charge in [-0.05, 0) is 7.05 Å². The van der Waals surface area contributed by atoms with Crippen LogP contribution < -0.4 is 0 Å². The minimum atomic E-state index is 0.642. The van der Waals surface area contributed by atoms with Crippen molar-refractivity contribution in [3.05, 3.63) is 34.8 Å². The number of aromatic nitrogens is 3. The van der Waals surface area contributed by atoms with E-state index in [9.17, 15) is 0 Å². The molecule has 7 heteroatoms. The predicted molar refractivity (Wildman–Crippen MR) is 95.9 cm³/mol. The molecule has 2 aliphatic heterocycles. The molecule has 0 amide bonds. The van der Waals surface area contributed by atoms with Crippen molar-refractivity contribution in [3.8, 4) is 0 Å². The molecule has 2 aromatic heterocycles. The number of hydrogen-bond donors (Lipinski definition) is 0. The number of imidazole rings is 1. The van der Waals surface area contributed by atoms with Crippen LogP contribution in [0.2, 0.25) is 0 Å². The fourth-order valence-electron chi connectivity index (χ4n) is 3.78. The number of hydrogen-bond acceptors (Lipinski definition) is 6. The summed E-state index contributed by atoms with van der Waals surface area (Å²) >= 11 is 1.75. The Morgan fingerprint density at radius 1 is 1.08 bits per heavy atom. The molecule has 2 aromatic rings. The first-order valence-corrected chi connectivity index (χ1v) is 9.66. The van der Waals surface area contributed by atoms with Gasteiger partial charge in [0, 0.05) is 75.7 Å². The third kappa shape index (κ3) is 3.85. The van der Waals surface area contributed by atoms with E-state index >= 15 is 0 Å². The molecule has 1 atom stereocenters. The van der Waals surface area contributed by atoms with Crippen molar-refractivity contribution in [2.45, 2.75) is 19.6 Å². The number of nitrogens with zero attached hydrogens (tertiary/aromatic N) is 6. The van der Waals surface area contributed by atoms with Gasteiger partial charge in [-0.1, -0.05) is 0 Å². The van der Waals surface area contributed by atoms with Crippen molar-refractivity contribution in [3.63, 3.8) is 0 Å². The highest BCUT2D eigenvalue weighted by Gasteiger charge is 2.25. The molecule has 0 aliphatic carbocycles. The van der Waals surface area contributed by atoms with E-state index in [-0.39, 0.29) is 0 Å². The maximum absolute atomic E-state index is 4.57. The summed E-state index contributed by atoms with van der Waals surface area (Å²) in [6.45, 7) is 9.99. The van der Waals surface area contributed by atoms with Crippen molar-refractivity contribution < 1.29 is 0 Å². The zero-order chi connectivity index (χ0) is 16.4. The molecule has 1 unspecified atom stereocenters. The average Bonchev–Trinajstić information content (AvgIpc) is 3.19. The molecule has 4 heterocycles. The first kappa shape index (κ1) is 16.2. The van der Waals surface area contributed by atoms with Gasteiger partial charge in [0.1, 0.15) is 10.8 Å². The number of piperazine rings is 1. The quantitative estimate of drug-likeness (QED) is 0.833. The van der Waals surface area contributed by atoms with Crippen molar-refractivity contribution in [1.82, 2.24) is 29.2 Å². The Hall–Kier alpha value is -1.28. The van der Waals surface area contributed by atoms with E-state index in [4.69, 9.17) is 0 Å². The molecule has 0 N–H and O–H groups in total. The SMILES string of the molecule is CN1CCN(CC2CN(Cc3nccs3)Cc3nccn3C2)CC1. The lowest BCUT2D eigenvalue weighted by atomic mass is 10.1. The summed E-state index contributed by atoms with van der Waals surface area (Å²) in [6, 6.07) is 0. The highest BCUT2D eigenvalue weighted by molar-refractivity contribution is 7.09. The van der Waals surface area contributed by atoms with Gasteiger partial charge in [0.05, 0.1) is 13.1 Å². The first-order chi connectivity index (χ1) is 11.8. The summed E-state index contributed by atoms with van der Waals surface area (Å²) in [5, 5.41) is 3.27. The standard InChI is InChI=1S/C17H26N6S/c1-20-5-7-21(8-6-20)10-15-11-22(14-17-19-3-9-24-17)13-16-18-2-4-23(16)12-15/h2-4,9,15H,5-8,10-14H2,1H3. The van der Waals surface area contributed by atoms with Crippen LogP contribution in [0.25, 0.3) is 0 Å². The zero-order valence-corrected chi connectivity index (χ0v) is 15.2. The summed E-state index contributed by atoms with van der Waals surface area (Å²) < 4.78 is 2.35. The molecule has 0 aromatic carbocycles. The smallest absolute Gasteiger partial charge is 0.122 e. The average molecular weight is 347 g/mol. The second-order valence-electron chi connectivity index (χ2n) is 7.06. The Balaban J connectivity index is 1.45. The van der Waals surface area contributed by atoms with Gasteiger partial charge in [0.15, 0.2) is 0 Å². The normalized spacial score (nSPS) is 24.0. The lowest BCUT2D eigenvalue weighted by Gasteiger charge is -2.35. The first-order valence-electron chi connectivity index (χ1n) is 8.78. The van der Waals surface area contributed by atoms with E-state index in [1.807, 2.05) is 12.4 Å². The Kier molecular flexibility index (Phi) is 4.93. The predicted octanol–water partition coefficient (Wildman–Crippen LogP) is 1.22. The van der Waals surface area contributed by atoms with Crippen molar-refractivity contribution in [1.29, 1.82) is 0 Å². The van der Waals surface area contributed by atoms with Gasteiger partial charge in [-0.15, -0.1) is 11.3 Å². The molecule has 0 radical (unpaired) electrons. The Bertz CT molecular complexity index is 631. The van der Waals surface area contributed by atoms with Crippen LogP contribution in [0.1, 0.15) is 10.8 Å². The van der Waals surface area contributed by atoms with E-state index in [0.29, 0.717) is 5.92 Å². The Morgan fingerprint density at radius 3 is 2.75 bits per heavy atom. The van der Waals surface area contributed by atoms with Crippen LogP contribution in [-0.4, -0.2) is 75.6 Å². The molecule has 2 aliphatic rings. The van der Waals surface area contributed by atoms with E-state index in [2.05, 4.69) is 47.9 Å². The molecule has 24 heavy (non-hydrogen) atoms. The molecule has 1 fully saturated rings. The number of rotatable bonds is 4. The van der Waals surface area contributed by atoms with Crippen LogP contribution in [-0.2, 0) is 19.6 Å². The summed E-state index contributed by atoms with van der Waals surface area (Å²) in [5.41, 5.74) is 0. The van der Waals surface area contributed by atoms with Gasteiger partial charge in [0.2, 0.25) is 0 Å². The van der Waals surface area contributed by atoms with Crippen molar-refractivity contribution in [2.24, 2.45) is 5.92 Å². The molecule has 0 spiro atoms. The van der Waals surface area contributed by atoms with Crippen LogP contribution in [0.4, 0.5) is 0 Å². The maximum atomic E-state index is 4.57. The van der Waals surface area contributed by atoms with Crippen molar-refractivity contribution >= 4 is 11.3 Å². The second-order valence-corrected chi connectivity index (χ2v) is 8.04. The van der Waals surface area contributed by atoms with Gasteiger partial charge >= 0.3 is 0 Å². The molecular weight excluding hydrogens is 320 g/mol. The summed E-state index contributed by atoms with van der Waals surface area (Å²) in [6.07, 6.45) is 5.98. The monoisotopic (exact) mass is 346 g/mol. The lowest BCUT2D eigenvalue weighted by molar-refractivity contribution is 0.116. The van der Waals surface area contributed by atoms with E-state index < -0.39 is 0 Å². The van der Waals surface area contributed by atoms with Crippen molar-refractivity contribution in [2.75, 3.05) is 46.3 Å². The fraction of sp³-hybridized carbons (Fsp3) is 0.647. The number of likely N-dealkylation sites (N-methyl/N-ethyl adjacent to an activating group) is 1. The minimum absolute atomic E-state index is 0.642. The maximum Gasteiger partial charge on any atom is 0.122 e.